The minimum absolute atomic E-state index is 0.214. The van der Waals surface area contributed by atoms with Gasteiger partial charge in [-0.1, -0.05) is 0 Å². The Kier molecular flexibility index (Phi) is 5.69. The van der Waals surface area contributed by atoms with Gasteiger partial charge >= 0.3 is 0 Å². The molecule has 1 aromatic rings. The second kappa shape index (κ2) is 7.94. The van der Waals surface area contributed by atoms with E-state index in [1.54, 1.807) is 11.8 Å². The van der Waals surface area contributed by atoms with Gasteiger partial charge in [-0.2, -0.15) is 0 Å². The molecule has 2 fully saturated rings. The minimum Gasteiger partial charge on any atom is -0.378 e. The molecule has 0 saturated carbocycles. The van der Waals surface area contributed by atoms with Crippen LogP contribution in [0.2, 0.25) is 0 Å². The highest BCUT2D eigenvalue weighted by Crippen LogP contribution is 2.16. The van der Waals surface area contributed by atoms with Crippen molar-refractivity contribution in [2.45, 2.75) is 5.03 Å². The monoisotopic (exact) mass is 337 g/mol. The number of nitrogens with zero attached hydrogens (tertiary/aromatic N) is 5. The van der Waals surface area contributed by atoms with Crippen LogP contribution in [-0.4, -0.2) is 91.2 Å². The summed E-state index contributed by atoms with van der Waals surface area (Å²) in [6.45, 7) is 6.77. The summed E-state index contributed by atoms with van der Waals surface area (Å²) in [6, 6.07) is 4.02. The van der Waals surface area contributed by atoms with E-state index >= 15 is 0 Å². The molecule has 8 heteroatoms. The van der Waals surface area contributed by atoms with Crippen LogP contribution in [0.3, 0.4) is 0 Å². The Morgan fingerprint density at radius 1 is 1.13 bits per heavy atom. The summed E-state index contributed by atoms with van der Waals surface area (Å²) < 4.78 is 5.29. The lowest BCUT2D eigenvalue weighted by Gasteiger charge is -2.36. The van der Waals surface area contributed by atoms with E-state index in [4.69, 9.17) is 4.74 Å². The van der Waals surface area contributed by atoms with Crippen LogP contribution < -0.4 is 4.90 Å². The van der Waals surface area contributed by atoms with Crippen LogP contribution in [0.1, 0.15) is 0 Å². The van der Waals surface area contributed by atoms with Gasteiger partial charge in [0, 0.05) is 39.3 Å². The summed E-state index contributed by atoms with van der Waals surface area (Å²) in [6.07, 6.45) is 1.99. The Morgan fingerprint density at radius 3 is 2.48 bits per heavy atom. The topological polar surface area (TPSA) is 61.8 Å². The molecule has 0 aliphatic carbocycles. The largest absolute Gasteiger partial charge is 0.378 e. The summed E-state index contributed by atoms with van der Waals surface area (Å²) >= 11 is 1.59. The SMILES string of the molecule is CSc1ccc(N2CCN(CC(=O)N3CCOCC3)CC2)nn1. The molecule has 0 bridgehead atoms. The van der Waals surface area contributed by atoms with Crippen molar-refractivity contribution in [1.29, 1.82) is 0 Å². The van der Waals surface area contributed by atoms with Crippen molar-refractivity contribution in [3.05, 3.63) is 12.1 Å². The van der Waals surface area contributed by atoms with Crippen LogP contribution in [0, 0.1) is 0 Å². The van der Waals surface area contributed by atoms with Crippen molar-refractivity contribution in [3.63, 3.8) is 0 Å². The van der Waals surface area contributed by atoms with Gasteiger partial charge in [0.15, 0.2) is 5.82 Å². The van der Waals surface area contributed by atoms with Gasteiger partial charge in [0.05, 0.1) is 19.8 Å². The Balaban J connectivity index is 1.46. The molecule has 0 spiro atoms. The van der Waals surface area contributed by atoms with Crippen LogP contribution in [0.25, 0.3) is 0 Å². The summed E-state index contributed by atoms with van der Waals surface area (Å²) in [4.78, 5) is 18.6. The Hall–Kier alpha value is -1.38. The Labute approximate surface area is 141 Å². The van der Waals surface area contributed by atoms with Gasteiger partial charge < -0.3 is 14.5 Å². The number of amides is 1. The molecular formula is C15H23N5O2S. The number of rotatable bonds is 4. The maximum atomic E-state index is 12.3. The van der Waals surface area contributed by atoms with Crippen molar-refractivity contribution in [1.82, 2.24) is 20.0 Å². The molecule has 3 heterocycles. The molecule has 0 N–H and O–H groups in total. The van der Waals surface area contributed by atoms with Crippen molar-refractivity contribution >= 4 is 23.5 Å². The first kappa shape index (κ1) is 16.5. The smallest absolute Gasteiger partial charge is 0.236 e. The summed E-state index contributed by atoms with van der Waals surface area (Å²) in [5.74, 6) is 1.13. The zero-order valence-corrected chi connectivity index (χ0v) is 14.3. The van der Waals surface area contributed by atoms with Crippen LogP contribution in [0.4, 0.5) is 5.82 Å². The number of aromatic nitrogens is 2. The van der Waals surface area contributed by atoms with E-state index < -0.39 is 0 Å². The van der Waals surface area contributed by atoms with Gasteiger partial charge in [0.1, 0.15) is 5.03 Å². The lowest BCUT2D eigenvalue weighted by Crippen LogP contribution is -2.51. The third-order valence-electron chi connectivity index (χ3n) is 4.25. The third-order valence-corrected chi connectivity index (χ3v) is 4.89. The second-order valence-corrected chi connectivity index (χ2v) is 6.52. The lowest BCUT2D eigenvalue weighted by molar-refractivity contribution is -0.136. The van der Waals surface area contributed by atoms with Gasteiger partial charge in [0.2, 0.25) is 5.91 Å². The van der Waals surface area contributed by atoms with E-state index in [0.717, 1.165) is 50.1 Å². The van der Waals surface area contributed by atoms with Gasteiger partial charge in [-0.25, -0.2) is 0 Å². The van der Waals surface area contributed by atoms with Crippen molar-refractivity contribution in [3.8, 4) is 0 Å². The van der Waals surface area contributed by atoms with E-state index in [-0.39, 0.29) is 5.91 Å². The van der Waals surface area contributed by atoms with Gasteiger partial charge in [0.25, 0.3) is 0 Å². The van der Waals surface area contributed by atoms with Crippen molar-refractivity contribution in [2.24, 2.45) is 0 Å². The Bertz CT molecular complexity index is 513. The second-order valence-electron chi connectivity index (χ2n) is 5.69. The predicted molar refractivity (Wildman–Crippen MR) is 89.9 cm³/mol. The third kappa shape index (κ3) is 4.33. The summed E-state index contributed by atoms with van der Waals surface area (Å²) in [7, 11) is 0. The highest BCUT2D eigenvalue weighted by atomic mass is 32.2. The van der Waals surface area contributed by atoms with E-state index in [2.05, 4.69) is 20.0 Å². The van der Waals surface area contributed by atoms with Crippen molar-refractivity contribution < 1.29 is 9.53 Å². The normalized spacial score (nSPS) is 19.9. The van der Waals surface area contributed by atoms with E-state index in [9.17, 15) is 4.79 Å². The van der Waals surface area contributed by atoms with Gasteiger partial charge in [-0.05, 0) is 18.4 Å². The number of carbonyl (C=O) groups excluding carboxylic acids is 1. The van der Waals surface area contributed by atoms with Crippen LogP contribution in [-0.2, 0) is 9.53 Å². The number of morpholine rings is 1. The summed E-state index contributed by atoms with van der Waals surface area (Å²) in [5.41, 5.74) is 0. The number of hydrogen-bond acceptors (Lipinski definition) is 7. The Morgan fingerprint density at radius 2 is 1.87 bits per heavy atom. The molecule has 3 rings (SSSR count). The molecule has 1 aromatic heterocycles. The fraction of sp³-hybridized carbons (Fsp3) is 0.667. The average Bonchev–Trinajstić information content (AvgIpc) is 2.63. The van der Waals surface area contributed by atoms with E-state index in [0.29, 0.717) is 19.8 Å². The van der Waals surface area contributed by atoms with Gasteiger partial charge in [-0.15, -0.1) is 22.0 Å². The zero-order chi connectivity index (χ0) is 16.1. The molecule has 0 unspecified atom stereocenters. The molecular weight excluding hydrogens is 314 g/mol. The molecule has 0 atom stereocenters. The molecule has 2 aliphatic heterocycles. The molecule has 0 aromatic carbocycles. The van der Waals surface area contributed by atoms with E-state index in [1.807, 2.05) is 23.3 Å². The maximum Gasteiger partial charge on any atom is 0.236 e. The standard InChI is InChI=1S/C15H23N5O2S/c1-23-14-3-2-13(16-17-14)19-6-4-18(5-7-19)12-15(21)20-8-10-22-11-9-20/h2-3H,4-12H2,1H3. The molecule has 7 nitrogen and oxygen atoms in total. The highest BCUT2D eigenvalue weighted by molar-refractivity contribution is 7.98. The van der Waals surface area contributed by atoms with Crippen LogP contribution in [0.5, 0.6) is 0 Å². The number of thioether (sulfide) groups is 1. The van der Waals surface area contributed by atoms with E-state index in [1.165, 1.54) is 0 Å². The number of piperazine rings is 1. The minimum atomic E-state index is 0.214. The molecule has 2 saturated heterocycles. The highest BCUT2D eigenvalue weighted by Gasteiger charge is 2.23. The van der Waals surface area contributed by atoms with Crippen molar-refractivity contribution in [2.75, 3.05) is 70.2 Å². The molecule has 0 radical (unpaired) electrons. The predicted octanol–water partition coefficient (Wildman–Crippen LogP) is 0.179. The molecule has 126 valence electrons. The fourth-order valence-corrected chi connectivity index (χ4v) is 3.16. The summed E-state index contributed by atoms with van der Waals surface area (Å²) in [5, 5.41) is 9.40. The number of hydrogen-bond donors (Lipinski definition) is 0. The van der Waals surface area contributed by atoms with Crippen LogP contribution in [0.15, 0.2) is 17.2 Å². The molecule has 1 amide bonds. The average molecular weight is 337 g/mol. The first-order valence-electron chi connectivity index (χ1n) is 7.97. The van der Waals surface area contributed by atoms with Gasteiger partial charge in [-0.3, -0.25) is 9.69 Å². The lowest BCUT2D eigenvalue weighted by atomic mass is 10.3. The van der Waals surface area contributed by atoms with Crippen LogP contribution >= 0.6 is 11.8 Å². The molecule has 23 heavy (non-hydrogen) atoms. The maximum absolute atomic E-state index is 12.3. The zero-order valence-electron chi connectivity index (χ0n) is 13.5. The quantitative estimate of drug-likeness (QED) is 0.726. The number of ether oxygens (including phenoxy) is 1. The first-order valence-corrected chi connectivity index (χ1v) is 9.19. The number of carbonyl (C=O) groups is 1. The number of anilines is 1. The first-order chi connectivity index (χ1) is 11.3. The molecule has 2 aliphatic rings. The fourth-order valence-electron chi connectivity index (χ4n) is 2.83.